The molecule has 0 fully saturated rings. The van der Waals surface area contributed by atoms with Gasteiger partial charge in [0.2, 0.25) is 0 Å². The Morgan fingerprint density at radius 2 is 1.82 bits per heavy atom. The van der Waals surface area contributed by atoms with Crippen LogP contribution in [0.3, 0.4) is 0 Å². The molecule has 0 heterocycles. The topological polar surface area (TPSA) is 29.3 Å². The van der Waals surface area contributed by atoms with E-state index in [2.05, 4.69) is 50.8 Å². The Balaban J connectivity index is 2.85. The Kier molecular flexibility index (Phi) is 5.66. The minimum atomic E-state index is 0.454. The van der Waals surface area contributed by atoms with Crippen LogP contribution in [0.5, 0.6) is 0 Å². The quantitative estimate of drug-likeness (QED) is 0.820. The van der Waals surface area contributed by atoms with Gasteiger partial charge in [0.05, 0.1) is 0 Å². The molecule has 0 aliphatic heterocycles. The minimum Gasteiger partial charge on any atom is -0.330 e. The van der Waals surface area contributed by atoms with E-state index in [9.17, 15) is 0 Å². The van der Waals surface area contributed by atoms with Crippen molar-refractivity contribution >= 4 is 0 Å². The van der Waals surface area contributed by atoms with Gasteiger partial charge < -0.3 is 10.6 Å². The molecule has 0 spiro atoms. The third-order valence-corrected chi connectivity index (χ3v) is 3.52. The summed E-state index contributed by atoms with van der Waals surface area (Å²) in [5.74, 6) is 0.454. The molecule has 1 unspecified atom stereocenters. The second kappa shape index (κ2) is 6.77. The maximum absolute atomic E-state index is 5.94. The highest BCUT2D eigenvalue weighted by Crippen LogP contribution is 2.21. The van der Waals surface area contributed by atoms with Crippen molar-refractivity contribution in [1.29, 1.82) is 0 Å². The molecule has 0 saturated heterocycles. The number of nitrogens with zero attached hydrogens (tertiary/aromatic N) is 1. The minimum absolute atomic E-state index is 0.454. The van der Waals surface area contributed by atoms with Crippen molar-refractivity contribution in [2.45, 2.75) is 33.6 Å². The van der Waals surface area contributed by atoms with Crippen LogP contribution in [0.1, 0.15) is 36.5 Å². The summed E-state index contributed by atoms with van der Waals surface area (Å²) in [7, 11) is 0. The number of nitrogens with two attached hydrogens (primary N) is 1. The van der Waals surface area contributed by atoms with Crippen LogP contribution in [0.4, 0.5) is 0 Å². The molecule has 2 heteroatoms. The smallest absolute Gasteiger partial charge is 0.00914 e. The van der Waals surface area contributed by atoms with Crippen LogP contribution in [0.2, 0.25) is 0 Å². The molecule has 0 radical (unpaired) electrons. The fourth-order valence-corrected chi connectivity index (χ4v) is 2.38. The lowest BCUT2D eigenvalue weighted by Crippen LogP contribution is -2.31. The van der Waals surface area contributed by atoms with Gasteiger partial charge in [-0.05, 0) is 38.1 Å². The molecule has 1 aromatic rings. The van der Waals surface area contributed by atoms with E-state index in [1.54, 1.807) is 0 Å². The third kappa shape index (κ3) is 3.83. The summed E-state index contributed by atoms with van der Waals surface area (Å²) in [6.45, 7) is 12.7. The maximum atomic E-state index is 5.94. The van der Waals surface area contributed by atoms with Crippen LogP contribution >= 0.6 is 0 Å². The fraction of sp³-hybridized carbons (Fsp3) is 0.600. The molecule has 0 saturated carbocycles. The van der Waals surface area contributed by atoms with E-state index in [1.165, 1.54) is 16.7 Å². The molecule has 1 atom stereocenters. The van der Waals surface area contributed by atoms with E-state index in [4.69, 9.17) is 5.73 Å². The summed E-state index contributed by atoms with van der Waals surface area (Å²) in [5.41, 5.74) is 10.0. The van der Waals surface area contributed by atoms with Gasteiger partial charge in [0.25, 0.3) is 0 Å². The summed E-state index contributed by atoms with van der Waals surface area (Å²) < 4.78 is 0. The Hall–Kier alpha value is -0.860. The summed E-state index contributed by atoms with van der Waals surface area (Å²) >= 11 is 0. The van der Waals surface area contributed by atoms with Gasteiger partial charge in [0, 0.05) is 19.0 Å². The third-order valence-electron chi connectivity index (χ3n) is 3.52. The molecular weight excluding hydrogens is 208 g/mol. The molecule has 1 rings (SSSR count). The van der Waals surface area contributed by atoms with Gasteiger partial charge in [0.1, 0.15) is 0 Å². The number of benzene rings is 1. The lowest BCUT2D eigenvalue weighted by Gasteiger charge is -2.26. The molecule has 0 amide bonds. The van der Waals surface area contributed by atoms with Crippen molar-refractivity contribution < 1.29 is 0 Å². The first-order valence-electron chi connectivity index (χ1n) is 6.61. The summed E-state index contributed by atoms with van der Waals surface area (Å²) in [6.07, 6.45) is 0. The standard InChI is InChI=1S/C15H26N2/c1-5-17(6-2)11-14(10-16)15-8-7-12(3)9-13(15)4/h7-9,14H,5-6,10-11,16H2,1-4H3. The molecule has 2 N–H and O–H groups in total. The van der Waals surface area contributed by atoms with Gasteiger partial charge >= 0.3 is 0 Å². The predicted molar refractivity (Wildman–Crippen MR) is 75.5 cm³/mol. The number of rotatable bonds is 6. The lowest BCUT2D eigenvalue weighted by atomic mass is 9.93. The zero-order chi connectivity index (χ0) is 12.8. The van der Waals surface area contributed by atoms with Gasteiger partial charge in [0.15, 0.2) is 0 Å². The number of aryl methyl sites for hydroxylation is 2. The SMILES string of the molecule is CCN(CC)CC(CN)c1ccc(C)cc1C. The Labute approximate surface area is 106 Å². The lowest BCUT2D eigenvalue weighted by molar-refractivity contribution is 0.284. The molecule has 96 valence electrons. The van der Waals surface area contributed by atoms with Gasteiger partial charge in [-0.15, -0.1) is 0 Å². The maximum Gasteiger partial charge on any atom is 0.00914 e. The van der Waals surface area contributed by atoms with E-state index < -0.39 is 0 Å². The van der Waals surface area contributed by atoms with Crippen LogP contribution in [0.25, 0.3) is 0 Å². The van der Waals surface area contributed by atoms with Crippen molar-refractivity contribution in [3.63, 3.8) is 0 Å². The summed E-state index contributed by atoms with van der Waals surface area (Å²) in [4.78, 5) is 2.44. The first kappa shape index (κ1) is 14.2. The average molecular weight is 234 g/mol. The van der Waals surface area contributed by atoms with Crippen molar-refractivity contribution in [3.8, 4) is 0 Å². The van der Waals surface area contributed by atoms with Gasteiger partial charge in [-0.3, -0.25) is 0 Å². The average Bonchev–Trinajstić information content (AvgIpc) is 2.32. The monoisotopic (exact) mass is 234 g/mol. The summed E-state index contributed by atoms with van der Waals surface area (Å²) in [5, 5.41) is 0. The molecule has 17 heavy (non-hydrogen) atoms. The Morgan fingerprint density at radius 1 is 1.18 bits per heavy atom. The highest BCUT2D eigenvalue weighted by molar-refractivity contribution is 5.33. The van der Waals surface area contributed by atoms with E-state index >= 15 is 0 Å². The molecule has 0 aliphatic carbocycles. The van der Waals surface area contributed by atoms with E-state index in [0.717, 1.165) is 26.2 Å². The number of likely N-dealkylation sites (N-methyl/N-ethyl adjacent to an activating group) is 1. The highest BCUT2D eigenvalue weighted by Gasteiger charge is 2.14. The Bertz CT molecular complexity index is 343. The van der Waals surface area contributed by atoms with Crippen molar-refractivity contribution in [3.05, 3.63) is 34.9 Å². The number of hydrogen-bond donors (Lipinski definition) is 1. The van der Waals surface area contributed by atoms with Crippen molar-refractivity contribution in [2.24, 2.45) is 5.73 Å². The van der Waals surface area contributed by atoms with Crippen LogP contribution in [0.15, 0.2) is 18.2 Å². The van der Waals surface area contributed by atoms with Gasteiger partial charge in [-0.25, -0.2) is 0 Å². The second-order valence-electron chi connectivity index (χ2n) is 4.78. The molecule has 1 aromatic carbocycles. The Morgan fingerprint density at radius 3 is 2.29 bits per heavy atom. The van der Waals surface area contributed by atoms with Gasteiger partial charge in [-0.1, -0.05) is 37.6 Å². The number of hydrogen-bond acceptors (Lipinski definition) is 2. The largest absolute Gasteiger partial charge is 0.330 e. The van der Waals surface area contributed by atoms with Gasteiger partial charge in [-0.2, -0.15) is 0 Å². The van der Waals surface area contributed by atoms with Crippen LogP contribution in [-0.4, -0.2) is 31.1 Å². The first-order valence-corrected chi connectivity index (χ1v) is 6.61. The van der Waals surface area contributed by atoms with E-state index in [1.807, 2.05) is 0 Å². The predicted octanol–water partition coefficient (Wildman–Crippen LogP) is 2.69. The molecular formula is C15H26N2. The molecule has 0 bridgehead atoms. The van der Waals surface area contributed by atoms with E-state index in [0.29, 0.717) is 5.92 Å². The van der Waals surface area contributed by atoms with Crippen molar-refractivity contribution in [2.75, 3.05) is 26.2 Å². The molecule has 2 nitrogen and oxygen atoms in total. The summed E-state index contributed by atoms with van der Waals surface area (Å²) in [6, 6.07) is 6.68. The zero-order valence-electron chi connectivity index (χ0n) is 11.7. The van der Waals surface area contributed by atoms with Crippen LogP contribution < -0.4 is 5.73 Å². The molecule has 0 aromatic heterocycles. The second-order valence-corrected chi connectivity index (χ2v) is 4.78. The van der Waals surface area contributed by atoms with E-state index in [-0.39, 0.29) is 0 Å². The molecule has 0 aliphatic rings. The van der Waals surface area contributed by atoms with Crippen LogP contribution in [-0.2, 0) is 0 Å². The fourth-order valence-electron chi connectivity index (χ4n) is 2.38. The zero-order valence-corrected chi connectivity index (χ0v) is 11.7. The van der Waals surface area contributed by atoms with Crippen LogP contribution in [0, 0.1) is 13.8 Å². The first-order chi connectivity index (χ1) is 8.12. The highest BCUT2D eigenvalue weighted by atomic mass is 15.1. The normalized spacial score (nSPS) is 13.1. The van der Waals surface area contributed by atoms with Crippen molar-refractivity contribution in [1.82, 2.24) is 4.90 Å².